The zero-order valence-corrected chi connectivity index (χ0v) is 13.7. The van der Waals surface area contributed by atoms with Crippen molar-refractivity contribution in [3.63, 3.8) is 0 Å². The highest BCUT2D eigenvalue weighted by atomic mass is 79.9. The summed E-state index contributed by atoms with van der Waals surface area (Å²) in [6.07, 6.45) is 0. The van der Waals surface area contributed by atoms with Gasteiger partial charge in [-0.2, -0.15) is 0 Å². The zero-order valence-electron chi connectivity index (χ0n) is 11.3. The van der Waals surface area contributed by atoms with Crippen molar-refractivity contribution in [2.75, 3.05) is 6.54 Å². The van der Waals surface area contributed by atoms with Gasteiger partial charge in [0, 0.05) is 11.4 Å². The molecule has 0 fully saturated rings. The Bertz CT molecular complexity index is 570. The average Bonchev–Trinajstić information content (AvgIpc) is 2.89. The average molecular weight is 353 g/mol. The van der Waals surface area contributed by atoms with Gasteiger partial charge in [-0.25, -0.2) is 0 Å². The Morgan fingerprint density at radius 2 is 2.00 bits per heavy atom. The van der Waals surface area contributed by atoms with E-state index in [1.165, 1.54) is 0 Å². The number of amides is 1. The fourth-order valence-electron chi connectivity index (χ4n) is 1.97. The topological polar surface area (TPSA) is 46.3 Å². The number of carbonyl (C=O) groups is 1. The summed E-state index contributed by atoms with van der Waals surface area (Å²) < 4.78 is 1.07. The summed E-state index contributed by atoms with van der Waals surface area (Å²) in [4.78, 5) is 15.4. The summed E-state index contributed by atoms with van der Waals surface area (Å²) in [5.41, 5.74) is 6.93. The smallest absolute Gasteiger partial charge is 0.244 e. The van der Waals surface area contributed by atoms with E-state index in [1.807, 2.05) is 49.4 Å². The fourth-order valence-corrected chi connectivity index (χ4v) is 3.47. The van der Waals surface area contributed by atoms with Crippen LogP contribution in [0.5, 0.6) is 0 Å². The van der Waals surface area contributed by atoms with Gasteiger partial charge in [0.05, 0.1) is 10.3 Å². The highest BCUT2D eigenvalue weighted by molar-refractivity contribution is 9.11. The Balaban J connectivity index is 2.09. The molecule has 2 rings (SSSR count). The number of halogens is 1. The molecule has 1 atom stereocenters. The van der Waals surface area contributed by atoms with Crippen LogP contribution in [0.2, 0.25) is 0 Å². The lowest BCUT2D eigenvalue weighted by Gasteiger charge is -2.24. The van der Waals surface area contributed by atoms with Crippen molar-refractivity contribution in [1.82, 2.24) is 4.90 Å². The van der Waals surface area contributed by atoms with Crippen LogP contribution in [0.25, 0.3) is 0 Å². The van der Waals surface area contributed by atoms with Crippen molar-refractivity contribution in [2.45, 2.75) is 19.5 Å². The van der Waals surface area contributed by atoms with Gasteiger partial charge in [-0.15, -0.1) is 11.3 Å². The predicted molar refractivity (Wildman–Crippen MR) is 86.5 cm³/mol. The van der Waals surface area contributed by atoms with E-state index in [0.717, 1.165) is 14.2 Å². The maximum atomic E-state index is 12.5. The molecule has 2 N–H and O–H groups in total. The number of benzene rings is 1. The number of rotatable bonds is 5. The second-order valence-corrected chi connectivity index (χ2v) is 6.99. The number of likely N-dealkylation sites (N-methyl/N-ethyl adjacent to an activating group) is 1. The van der Waals surface area contributed by atoms with Gasteiger partial charge in [-0.1, -0.05) is 30.3 Å². The van der Waals surface area contributed by atoms with Crippen LogP contribution >= 0.6 is 27.3 Å². The summed E-state index contributed by atoms with van der Waals surface area (Å²) in [6, 6.07) is 12.9. The molecular weight excluding hydrogens is 336 g/mol. The van der Waals surface area contributed by atoms with Crippen molar-refractivity contribution in [1.29, 1.82) is 0 Å². The molecule has 3 nitrogen and oxygen atoms in total. The van der Waals surface area contributed by atoms with Crippen molar-refractivity contribution in [2.24, 2.45) is 5.73 Å². The van der Waals surface area contributed by atoms with Crippen molar-refractivity contribution < 1.29 is 4.79 Å². The van der Waals surface area contributed by atoms with Gasteiger partial charge in [-0.05, 0) is 40.5 Å². The van der Waals surface area contributed by atoms with Crippen molar-refractivity contribution >= 4 is 33.2 Å². The van der Waals surface area contributed by atoms with Crippen molar-refractivity contribution in [3.05, 3.63) is 56.7 Å². The lowest BCUT2D eigenvalue weighted by molar-refractivity contribution is -0.133. The largest absolute Gasteiger partial charge is 0.336 e. The normalized spacial score (nSPS) is 12.2. The molecule has 106 valence electrons. The number of nitrogens with two attached hydrogens (primary N) is 1. The molecule has 5 heteroatoms. The summed E-state index contributed by atoms with van der Waals surface area (Å²) in [5, 5.41) is 0. The summed E-state index contributed by atoms with van der Waals surface area (Å²) >= 11 is 5.08. The summed E-state index contributed by atoms with van der Waals surface area (Å²) in [5.74, 6) is -0.0387. The molecule has 1 aromatic carbocycles. The minimum Gasteiger partial charge on any atom is -0.336 e. The second-order valence-electron chi connectivity index (χ2n) is 4.45. The Kier molecular flexibility index (Phi) is 5.34. The molecule has 1 amide bonds. The van der Waals surface area contributed by atoms with Crippen LogP contribution in [-0.4, -0.2) is 17.4 Å². The molecule has 2 aromatic rings. The lowest BCUT2D eigenvalue weighted by atomic mass is 10.1. The van der Waals surface area contributed by atoms with Crippen LogP contribution < -0.4 is 5.73 Å². The Labute approximate surface area is 131 Å². The van der Waals surface area contributed by atoms with Gasteiger partial charge >= 0.3 is 0 Å². The first-order valence-corrected chi connectivity index (χ1v) is 8.06. The predicted octanol–water partition coefficient (Wildman–Crippen LogP) is 3.56. The van der Waals surface area contributed by atoms with Crippen LogP contribution in [0.4, 0.5) is 0 Å². The maximum Gasteiger partial charge on any atom is 0.244 e. The van der Waals surface area contributed by atoms with Crippen LogP contribution in [0.3, 0.4) is 0 Å². The first-order chi connectivity index (χ1) is 9.61. The fraction of sp³-hybridized carbons (Fsp3) is 0.267. The molecule has 0 spiro atoms. The molecule has 1 unspecified atom stereocenters. The molecule has 0 bridgehead atoms. The van der Waals surface area contributed by atoms with Crippen molar-refractivity contribution in [3.8, 4) is 0 Å². The van der Waals surface area contributed by atoms with Gasteiger partial charge in [0.25, 0.3) is 0 Å². The van der Waals surface area contributed by atoms with E-state index in [4.69, 9.17) is 5.73 Å². The van der Waals surface area contributed by atoms with E-state index in [1.54, 1.807) is 16.2 Å². The molecular formula is C15H17BrN2OS. The summed E-state index contributed by atoms with van der Waals surface area (Å²) in [7, 11) is 0. The molecule has 0 saturated heterocycles. The second kappa shape index (κ2) is 7.02. The van der Waals surface area contributed by atoms with Crippen LogP contribution in [-0.2, 0) is 11.3 Å². The number of hydrogen-bond acceptors (Lipinski definition) is 3. The monoisotopic (exact) mass is 352 g/mol. The van der Waals surface area contributed by atoms with Gasteiger partial charge in [0.2, 0.25) is 5.91 Å². The van der Waals surface area contributed by atoms with Gasteiger partial charge in [0.1, 0.15) is 6.04 Å². The van der Waals surface area contributed by atoms with E-state index >= 15 is 0 Å². The number of thiophene rings is 1. The Morgan fingerprint density at radius 1 is 1.30 bits per heavy atom. The number of hydrogen-bond donors (Lipinski definition) is 1. The first-order valence-electron chi connectivity index (χ1n) is 6.45. The quantitative estimate of drug-likeness (QED) is 0.893. The third-order valence-electron chi connectivity index (χ3n) is 3.09. The van der Waals surface area contributed by atoms with E-state index in [9.17, 15) is 4.79 Å². The van der Waals surface area contributed by atoms with Gasteiger partial charge in [-0.3, -0.25) is 4.79 Å². The molecule has 1 heterocycles. The molecule has 20 heavy (non-hydrogen) atoms. The van der Waals surface area contributed by atoms with E-state index in [-0.39, 0.29) is 5.91 Å². The minimum atomic E-state index is -0.598. The first kappa shape index (κ1) is 15.2. The van der Waals surface area contributed by atoms with Gasteiger partial charge < -0.3 is 10.6 Å². The third-order valence-corrected chi connectivity index (χ3v) is 4.70. The number of carbonyl (C=O) groups excluding carboxylic acids is 1. The third kappa shape index (κ3) is 3.69. The van der Waals surface area contributed by atoms with E-state index in [2.05, 4.69) is 15.9 Å². The molecule has 0 aliphatic carbocycles. The SMILES string of the molecule is CCN(Cc1ccc(Br)s1)C(=O)C(N)c1ccccc1. The molecule has 0 radical (unpaired) electrons. The van der Waals surface area contributed by atoms with E-state index in [0.29, 0.717) is 13.1 Å². The number of nitrogens with zero attached hydrogens (tertiary/aromatic N) is 1. The molecule has 0 aliphatic heterocycles. The Hall–Kier alpha value is -1.17. The minimum absolute atomic E-state index is 0.0387. The molecule has 1 aromatic heterocycles. The van der Waals surface area contributed by atoms with Gasteiger partial charge in [0.15, 0.2) is 0 Å². The van der Waals surface area contributed by atoms with E-state index < -0.39 is 6.04 Å². The van der Waals surface area contributed by atoms with Crippen LogP contribution in [0, 0.1) is 0 Å². The van der Waals surface area contributed by atoms with Crippen LogP contribution in [0.1, 0.15) is 23.4 Å². The lowest BCUT2D eigenvalue weighted by Crippen LogP contribution is -2.37. The summed E-state index contributed by atoms with van der Waals surface area (Å²) in [6.45, 7) is 3.22. The maximum absolute atomic E-state index is 12.5. The standard InChI is InChI=1S/C15H17BrN2OS/c1-2-18(10-12-8-9-13(16)20-12)15(19)14(17)11-6-4-3-5-7-11/h3-9,14H,2,10,17H2,1H3. The highest BCUT2D eigenvalue weighted by Crippen LogP contribution is 2.24. The van der Waals surface area contributed by atoms with Crippen LogP contribution in [0.15, 0.2) is 46.3 Å². The Morgan fingerprint density at radius 3 is 2.55 bits per heavy atom. The molecule has 0 saturated carbocycles. The highest BCUT2D eigenvalue weighted by Gasteiger charge is 2.21. The zero-order chi connectivity index (χ0) is 14.5. The molecule has 0 aliphatic rings.